The number of nitrogens with zero attached hydrogens (tertiary/aromatic N) is 3. The van der Waals surface area contributed by atoms with Gasteiger partial charge in [0.25, 0.3) is 11.5 Å². The molecule has 0 radical (unpaired) electrons. The summed E-state index contributed by atoms with van der Waals surface area (Å²) < 4.78 is 1.29. The fourth-order valence-electron chi connectivity index (χ4n) is 3.55. The first-order chi connectivity index (χ1) is 12.5. The Balaban J connectivity index is 1.65. The van der Waals surface area contributed by atoms with Gasteiger partial charge in [-0.2, -0.15) is 4.98 Å². The van der Waals surface area contributed by atoms with E-state index in [1.54, 1.807) is 25.3 Å². The summed E-state index contributed by atoms with van der Waals surface area (Å²) in [6.45, 7) is 6.51. The first kappa shape index (κ1) is 18.4. The summed E-state index contributed by atoms with van der Waals surface area (Å²) in [5.74, 6) is -1.10. The predicted molar refractivity (Wildman–Crippen MR) is 99.7 cm³/mol. The molecule has 0 aliphatic carbocycles. The number of rotatable bonds is 5. The molecule has 3 heterocycles. The highest BCUT2D eigenvalue weighted by molar-refractivity contribution is 5.96. The summed E-state index contributed by atoms with van der Waals surface area (Å²) in [5.41, 5.74) is 0.242. The number of hydrogen-bond acceptors (Lipinski definition) is 5. The lowest BCUT2D eigenvalue weighted by Gasteiger charge is -2.33. The topological polar surface area (TPSA) is 86.9 Å². The zero-order chi connectivity index (χ0) is 18.7. The number of aromatic nitrogens is 2. The van der Waals surface area contributed by atoms with Crippen molar-refractivity contribution in [3.63, 3.8) is 0 Å². The molecule has 3 rings (SSSR count). The number of aryl methyl sites for hydroxylation is 1. The minimum absolute atomic E-state index is 0.306. The van der Waals surface area contributed by atoms with Gasteiger partial charge in [0, 0.05) is 25.3 Å². The van der Waals surface area contributed by atoms with Crippen LogP contribution in [0.3, 0.4) is 0 Å². The average molecular weight is 358 g/mol. The number of fused-ring (bicyclic) bond motifs is 1. The summed E-state index contributed by atoms with van der Waals surface area (Å²) in [6.07, 6.45) is 6.08. The van der Waals surface area contributed by atoms with Gasteiger partial charge in [-0.3, -0.25) is 14.0 Å². The van der Waals surface area contributed by atoms with E-state index < -0.39 is 17.3 Å². The fraction of sp³-hybridized carbons (Fsp3) is 0.526. The number of amides is 1. The molecule has 1 amide bonds. The van der Waals surface area contributed by atoms with E-state index in [2.05, 4.69) is 22.1 Å². The van der Waals surface area contributed by atoms with Crippen LogP contribution in [-0.4, -0.2) is 51.0 Å². The second kappa shape index (κ2) is 7.86. The van der Waals surface area contributed by atoms with E-state index in [1.165, 1.54) is 23.7 Å². The third-order valence-electron chi connectivity index (χ3n) is 5.11. The van der Waals surface area contributed by atoms with Gasteiger partial charge in [0.15, 0.2) is 5.56 Å². The molecule has 0 saturated carbocycles. The highest BCUT2D eigenvalue weighted by atomic mass is 16.3. The molecular formula is C19H26N4O3. The summed E-state index contributed by atoms with van der Waals surface area (Å²) in [4.78, 5) is 31.4. The number of piperidine rings is 1. The molecule has 26 heavy (non-hydrogen) atoms. The maximum absolute atomic E-state index is 12.6. The Bertz CT molecular complexity index is 862. The first-order valence-electron chi connectivity index (χ1n) is 9.22. The predicted octanol–water partition coefficient (Wildman–Crippen LogP) is 1.70. The summed E-state index contributed by atoms with van der Waals surface area (Å²) in [7, 11) is 0. The quantitative estimate of drug-likeness (QED) is 0.795. The molecule has 7 nitrogen and oxygen atoms in total. The van der Waals surface area contributed by atoms with Crippen LogP contribution in [0.25, 0.3) is 5.65 Å². The van der Waals surface area contributed by atoms with Crippen LogP contribution in [0.1, 0.15) is 48.5 Å². The number of nitrogens with one attached hydrogen (secondary N) is 1. The van der Waals surface area contributed by atoms with Crippen LogP contribution in [0.2, 0.25) is 0 Å². The largest absolute Gasteiger partial charge is 0.493 e. The molecule has 2 N–H and O–H groups in total. The molecule has 1 aliphatic heterocycles. The third-order valence-corrected chi connectivity index (χ3v) is 5.11. The van der Waals surface area contributed by atoms with Crippen molar-refractivity contribution in [2.75, 3.05) is 19.6 Å². The highest BCUT2D eigenvalue weighted by Crippen LogP contribution is 2.16. The number of hydrogen-bond donors (Lipinski definition) is 2. The highest BCUT2D eigenvalue weighted by Gasteiger charge is 2.21. The van der Waals surface area contributed by atoms with Crippen LogP contribution in [0.15, 0.2) is 23.1 Å². The Kier molecular flexibility index (Phi) is 5.56. The Hall–Kier alpha value is -2.41. The van der Waals surface area contributed by atoms with Gasteiger partial charge in [0.1, 0.15) is 5.65 Å². The lowest BCUT2D eigenvalue weighted by molar-refractivity contribution is 0.0943. The number of aromatic hydroxyl groups is 1. The molecule has 2 aromatic rings. The fourth-order valence-corrected chi connectivity index (χ4v) is 3.55. The molecule has 0 spiro atoms. The van der Waals surface area contributed by atoms with Crippen molar-refractivity contribution in [2.45, 2.75) is 45.6 Å². The van der Waals surface area contributed by atoms with Crippen LogP contribution in [0.4, 0.5) is 0 Å². The van der Waals surface area contributed by atoms with Crippen molar-refractivity contribution in [3.05, 3.63) is 39.8 Å². The summed E-state index contributed by atoms with van der Waals surface area (Å²) in [5, 5.41) is 12.8. The van der Waals surface area contributed by atoms with Gasteiger partial charge >= 0.3 is 0 Å². The molecule has 2 aromatic heterocycles. The summed E-state index contributed by atoms with van der Waals surface area (Å²) >= 11 is 0. The van der Waals surface area contributed by atoms with E-state index in [0.717, 1.165) is 25.1 Å². The number of pyridine rings is 1. The molecule has 1 atom stereocenters. The Morgan fingerprint density at radius 2 is 2.23 bits per heavy atom. The minimum atomic E-state index is -0.581. The number of carbonyl (C=O) groups is 1. The van der Waals surface area contributed by atoms with Crippen molar-refractivity contribution in [1.82, 2.24) is 19.6 Å². The standard InChI is InChI=1S/C19H26N4O3/c1-13-7-5-12-23-16(13)21-18(25)15(19(23)26)17(24)20-9-6-11-22-10-4-3-8-14(22)2/h5,7,12,14,25H,3-4,6,8-11H2,1-2H3,(H,20,24). The number of carbonyl (C=O) groups excluding carboxylic acids is 1. The first-order valence-corrected chi connectivity index (χ1v) is 9.22. The zero-order valence-corrected chi connectivity index (χ0v) is 15.4. The molecule has 140 valence electrons. The minimum Gasteiger partial charge on any atom is -0.493 e. The monoisotopic (exact) mass is 358 g/mol. The molecule has 1 saturated heterocycles. The van der Waals surface area contributed by atoms with Crippen LogP contribution in [-0.2, 0) is 0 Å². The molecule has 7 heteroatoms. The lowest BCUT2D eigenvalue weighted by atomic mass is 10.0. The van der Waals surface area contributed by atoms with E-state index >= 15 is 0 Å². The van der Waals surface area contributed by atoms with Crippen LogP contribution >= 0.6 is 0 Å². The lowest BCUT2D eigenvalue weighted by Crippen LogP contribution is -2.39. The van der Waals surface area contributed by atoms with E-state index in [4.69, 9.17) is 0 Å². The number of likely N-dealkylation sites (tertiary alicyclic amines) is 1. The molecule has 1 unspecified atom stereocenters. The molecular weight excluding hydrogens is 332 g/mol. The van der Waals surface area contributed by atoms with Gasteiger partial charge in [0.2, 0.25) is 5.88 Å². The molecule has 0 aromatic carbocycles. The maximum atomic E-state index is 12.6. The maximum Gasteiger partial charge on any atom is 0.274 e. The average Bonchev–Trinajstić information content (AvgIpc) is 2.61. The van der Waals surface area contributed by atoms with Crippen LogP contribution in [0, 0.1) is 6.92 Å². The second-order valence-corrected chi connectivity index (χ2v) is 6.99. The van der Waals surface area contributed by atoms with E-state index in [1.807, 2.05) is 0 Å². The van der Waals surface area contributed by atoms with E-state index in [9.17, 15) is 14.7 Å². The van der Waals surface area contributed by atoms with Crippen molar-refractivity contribution >= 4 is 11.6 Å². The van der Waals surface area contributed by atoms with Crippen LogP contribution < -0.4 is 10.9 Å². The molecule has 1 fully saturated rings. The molecule has 1 aliphatic rings. The smallest absolute Gasteiger partial charge is 0.274 e. The van der Waals surface area contributed by atoms with Gasteiger partial charge in [-0.15, -0.1) is 0 Å². The normalized spacial score (nSPS) is 18.2. The van der Waals surface area contributed by atoms with Crippen LogP contribution in [0.5, 0.6) is 5.88 Å². The zero-order valence-electron chi connectivity index (χ0n) is 15.4. The van der Waals surface area contributed by atoms with Crippen molar-refractivity contribution < 1.29 is 9.90 Å². The van der Waals surface area contributed by atoms with E-state index in [0.29, 0.717) is 18.2 Å². The SMILES string of the molecule is Cc1cccn2c(=O)c(C(=O)NCCCN3CCCCC3C)c(O)nc12. The summed E-state index contributed by atoms with van der Waals surface area (Å²) in [6, 6.07) is 4.09. The Labute approximate surface area is 152 Å². The van der Waals surface area contributed by atoms with Crippen molar-refractivity contribution in [3.8, 4) is 5.88 Å². The van der Waals surface area contributed by atoms with Gasteiger partial charge in [0.05, 0.1) is 0 Å². The Morgan fingerprint density at radius 3 is 3.00 bits per heavy atom. The molecule has 0 bridgehead atoms. The van der Waals surface area contributed by atoms with Gasteiger partial charge < -0.3 is 15.3 Å². The van der Waals surface area contributed by atoms with E-state index in [-0.39, 0.29) is 5.56 Å². The Morgan fingerprint density at radius 1 is 1.42 bits per heavy atom. The second-order valence-electron chi connectivity index (χ2n) is 6.99. The van der Waals surface area contributed by atoms with Crippen molar-refractivity contribution in [1.29, 1.82) is 0 Å². The van der Waals surface area contributed by atoms with Gasteiger partial charge in [-0.1, -0.05) is 12.5 Å². The van der Waals surface area contributed by atoms with Crippen molar-refractivity contribution in [2.24, 2.45) is 0 Å². The third kappa shape index (κ3) is 3.72. The van der Waals surface area contributed by atoms with Gasteiger partial charge in [-0.05, 0) is 51.3 Å². The van der Waals surface area contributed by atoms with Gasteiger partial charge in [-0.25, -0.2) is 0 Å².